The van der Waals surface area contributed by atoms with Gasteiger partial charge in [-0.25, -0.2) is 9.97 Å². The van der Waals surface area contributed by atoms with Gasteiger partial charge in [-0.15, -0.1) is 0 Å². The van der Waals surface area contributed by atoms with Gasteiger partial charge in [-0.1, -0.05) is 41.9 Å². The van der Waals surface area contributed by atoms with E-state index >= 15 is 0 Å². The van der Waals surface area contributed by atoms with Crippen LogP contribution in [0.2, 0.25) is 10.0 Å². The summed E-state index contributed by atoms with van der Waals surface area (Å²) >= 11 is 13.4. The normalized spacial score (nSPS) is 10.9. The molecule has 5 rings (SSSR count). The molecule has 0 spiro atoms. The van der Waals surface area contributed by atoms with Crippen molar-refractivity contribution in [2.75, 3.05) is 24.9 Å². The molecule has 0 aliphatic carbocycles. The maximum atomic E-state index is 11.8. The number of hydrogen-bond donors (Lipinski definition) is 2. The first kappa shape index (κ1) is 24.4. The molecule has 3 heterocycles. The molecule has 11 heteroatoms. The maximum absolute atomic E-state index is 11.8. The van der Waals surface area contributed by atoms with Gasteiger partial charge in [-0.05, 0) is 24.3 Å². The van der Waals surface area contributed by atoms with Gasteiger partial charge in [0.15, 0.2) is 5.65 Å². The second-order valence-electron chi connectivity index (χ2n) is 7.80. The lowest BCUT2D eigenvalue weighted by atomic mass is 10.0. The van der Waals surface area contributed by atoms with Crippen molar-refractivity contribution in [2.24, 2.45) is 0 Å². The Bertz CT molecular complexity index is 1660. The van der Waals surface area contributed by atoms with Crippen LogP contribution in [0.1, 0.15) is 0 Å². The SMILES string of the molecule is C=CC(=O)Nc1ccccc1Nc1ncc2cc(-c3c(Cl)c(OC)cc(OC)c3Cl)c3nccn3c2n1. The predicted octanol–water partition coefficient (Wildman–Crippen LogP) is 6.14. The summed E-state index contributed by atoms with van der Waals surface area (Å²) < 4.78 is 12.7. The molecule has 0 atom stereocenters. The fourth-order valence-electron chi connectivity index (χ4n) is 3.94. The first-order valence-corrected chi connectivity index (χ1v) is 11.7. The van der Waals surface area contributed by atoms with Crippen molar-refractivity contribution in [2.45, 2.75) is 0 Å². The molecule has 1 amide bonds. The van der Waals surface area contributed by atoms with E-state index in [1.807, 2.05) is 28.7 Å². The third kappa shape index (κ3) is 4.39. The Morgan fingerprint density at radius 1 is 1.03 bits per heavy atom. The van der Waals surface area contributed by atoms with Gasteiger partial charge < -0.3 is 20.1 Å². The Morgan fingerprint density at radius 2 is 1.73 bits per heavy atom. The van der Waals surface area contributed by atoms with Gasteiger partial charge in [0.2, 0.25) is 11.9 Å². The number of para-hydroxylation sites is 2. The molecule has 0 unspecified atom stereocenters. The number of nitrogens with one attached hydrogen (secondary N) is 2. The summed E-state index contributed by atoms with van der Waals surface area (Å²) in [7, 11) is 3.04. The molecule has 0 aliphatic heterocycles. The molecule has 3 aromatic heterocycles. The monoisotopic (exact) mass is 534 g/mol. The van der Waals surface area contributed by atoms with E-state index in [1.54, 1.807) is 30.7 Å². The Hall–Kier alpha value is -4.34. The lowest BCUT2D eigenvalue weighted by Crippen LogP contribution is -2.09. The third-order valence-corrected chi connectivity index (χ3v) is 6.42. The summed E-state index contributed by atoms with van der Waals surface area (Å²) in [5, 5.41) is 7.30. The van der Waals surface area contributed by atoms with Crippen LogP contribution in [0, 0.1) is 0 Å². The molecule has 9 nitrogen and oxygen atoms in total. The zero-order valence-electron chi connectivity index (χ0n) is 19.8. The van der Waals surface area contributed by atoms with E-state index in [9.17, 15) is 4.79 Å². The number of ether oxygens (including phenoxy) is 2. The highest BCUT2D eigenvalue weighted by atomic mass is 35.5. The molecular formula is C26H20Cl2N6O3. The van der Waals surface area contributed by atoms with Gasteiger partial charge in [0.05, 0.1) is 35.6 Å². The minimum atomic E-state index is -0.326. The number of carbonyl (C=O) groups excluding carboxylic acids is 1. The summed E-state index contributed by atoms with van der Waals surface area (Å²) in [6, 6.07) is 10.7. The number of anilines is 3. The van der Waals surface area contributed by atoms with Gasteiger partial charge in [-0.3, -0.25) is 9.20 Å². The number of methoxy groups -OCH3 is 2. The Kier molecular flexibility index (Phi) is 6.56. The van der Waals surface area contributed by atoms with E-state index in [0.29, 0.717) is 66.7 Å². The lowest BCUT2D eigenvalue weighted by molar-refractivity contribution is -0.111. The zero-order chi connectivity index (χ0) is 26.1. The molecule has 5 aromatic rings. The molecule has 0 bridgehead atoms. The molecule has 186 valence electrons. The lowest BCUT2D eigenvalue weighted by Gasteiger charge is -2.16. The second kappa shape index (κ2) is 9.96. The van der Waals surface area contributed by atoms with E-state index in [-0.39, 0.29) is 5.91 Å². The van der Waals surface area contributed by atoms with Crippen LogP contribution in [0.4, 0.5) is 17.3 Å². The van der Waals surface area contributed by atoms with Crippen molar-refractivity contribution in [1.82, 2.24) is 19.4 Å². The van der Waals surface area contributed by atoms with Crippen LogP contribution in [0.15, 0.2) is 67.6 Å². The maximum Gasteiger partial charge on any atom is 0.247 e. The van der Waals surface area contributed by atoms with E-state index in [4.69, 9.17) is 37.7 Å². The number of nitrogens with zero attached hydrogens (tertiary/aromatic N) is 4. The number of imidazole rings is 1. The zero-order valence-corrected chi connectivity index (χ0v) is 21.3. The van der Waals surface area contributed by atoms with Crippen LogP contribution in [0.3, 0.4) is 0 Å². The smallest absolute Gasteiger partial charge is 0.247 e. The average molecular weight is 535 g/mol. The van der Waals surface area contributed by atoms with Crippen LogP contribution in [0.25, 0.3) is 27.8 Å². The molecule has 0 saturated heterocycles. The fraction of sp³-hybridized carbons (Fsp3) is 0.0769. The Morgan fingerprint density at radius 3 is 2.41 bits per heavy atom. The number of amides is 1. The fourth-order valence-corrected chi connectivity index (χ4v) is 4.65. The van der Waals surface area contributed by atoms with Crippen molar-refractivity contribution in [3.05, 3.63) is 77.7 Å². The molecule has 0 radical (unpaired) electrons. The standard InChI is InChI=1S/C26H20Cl2N6O3/c1-4-20(35)31-16-7-5-6-8-17(16)32-26-30-13-14-11-15(25-29-9-10-34(25)24(14)33-26)21-22(27)18(36-2)12-19(37-3)23(21)28/h4-13H,1H2,2-3H3,(H,31,35)(H,30,32,33). The van der Waals surface area contributed by atoms with Crippen molar-refractivity contribution in [3.63, 3.8) is 0 Å². The summed E-state index contributed by atoms with van der Waals surface area (Å²) in [6.45, 7) is 3.49. The first-order valence-electron chi connectivity index (χ1n) is 11.0. The minimum Gasteiger partial charge on any atom is -0.495 e. The summed E-state index contributed by atoms with van der Waals surface area (Å²) in [5.41, 5.74) is 3.55. The topological polar surface area (TPSA) is 103 Å². The number of halogens is 2. The van der Waals surface area contributed by atoms with E-state index < -0.39 is 0 Å². The Balaban J connectivity index is 1.64. The number of pyridine rings is 1. The van der Waals surface area contributed by atoms with Gasteiger partial charge in [-0.2, -0.15) is 4.98 Å². The number of fused-ring (bicyclic) bond motifs is 3. The van der Waals surface area contributed by atoms with Crippen LogP contribution in [0.5, 0.6) is 11.5 Å². The largest absolute Gasteiger partial charge is 0.495 e. The van der Waals surface area contributed by atoms with Gasteiger partial charge in [0.25, 0.3) is 0 Å². The summed E-state index contributed by atoms with van der Waals surface area (Å²) in [4.78, 5) is 25.5. The molecule has 2 N–H and O–H groups in total. The highest BCUT2D eigenvalue weighted by Gasteiger charge is 2.22. The van der Waals surface area contributed by atoms with Crippen LogP contribution in [-0.2, 0) is 4.79 Å². The predicted molar refractivity (Wildman–Crippen MR) is 145 cm³/mol. The van der Waals surface area contributed by atoms with Crippen LogP contribution < -0.4 is 20.1 Å². The molecule has 0 aliphatic rings. The number of carbonyl (C=O) groups is 1. The molecular weight excluding hydrogens is 515 g/mol. The van der Waals surface area contributed by atoms with E-state index in [0.717, 1.165) is 0 Å². The molecule has 0 saturated carbocycles. The van der Waals surface area contributed by atoms with Crippen molar-refractivity contribution in [3.8, 4) is 22.6 Å². The van der Waals surface area contributed by atoms with Crippen LogP contribution >= 0.6 is 23.2 Å². The minimum absolute atomic E-state index is 0.326. The first-order chi connectivity index (χ1) is 17.9. The third-order valence-electron chi connectivity index (χ3n) is 5.67. The second-order valence-corrected chi connectivity index (χ2v) is 8.56. The molecule has 2 aromatic carbocycles. The quantitative estimate of drug-likeness (QED) is 0.242. The average Bonchev–Trinajstić information content (AvgIpc) is 3.41. The van der Waals surface area contributed by atoms with E-state index in [1.165, 1.54) is 20.3 Å². The summed E-state index contributed by atoms with van der Waals surface area (Å²) in [6.07, 6.45) is 6.33. The van der Waals surface area contributed by atoms with Crippen LogP contribution in [-0.4, -0.2) is 39.5 Å². The number of aromatic nitrogens is 4. The molecule has 37 heavy (non-hydrogen) atoms. The highest BCUT2D eigenvalue weighted by Crippen LogP contribution is 2.47. The van der Waals surface area contributed by atoms with Crippen molar-refractivity contribution >= 4 is 63.1 Å². The number of benzene rings is 2. The van der Waals surface area contributed by atoms with Crippen molar-refractivity contribution < 1.29 is 14.3 Å². The van der Waals surface area contributed by atoms with Gasteiger partial charge in [0.1, 0.15) is 17.1 Å². The van der Waals surface area contributed by atoms with Gasteiger partial charge in [0, 0.05) is 41.2 Å². The van der Waals surface area contributed by atoms with Gasteiger partial charge >= 0.3 is 0 Å². The van der Waals surface area contributed by atoms with Crippen molar-refractivity contribution in [1.29, 1.82) is 0 Å². The number of hydrogen-bond acceptors (Lipinski definition) is 7. The highest BCUT2D eigenvalue weighted by molar-refractivity contribution is 6.41. The summed E-state index contributed by atoms with van der Waals surface area (Å²) in [5.74, 6) is 0.837. The Labute approximate surface area is 221 Å². The molecule has 0 fully saturated rings. The van der Waals surface area contributed by atoms with E-state index in [2.05, 4.69) is 27.2 Å². The number of rotatable bonds is 7.